The lowest BCUT2D eigenvalue weighted by molar-refractivity contribution is -0.122. The maximum absolute atomic E-state index is 14.4. The van der Waals surface area contributed by atoms with Crippen molar-refractivity contribution in [1.82, 2.24) is 5.43 Å². The number of rotatable bonds is 4. The van der Waals surface area contributed by atoms with Gasteiger partial charge in [-0.15, -0.1) is 0 Å². The van der Waals surface area contributed by atoms with Crippen LogP contribution in [0.2, 0.25) is 10.0 Å². The first-order valence-corrected chi connectivity index (χ1v) is 13.7. The summed E-state index contributed by atoms with van der Waals surface area (Å²) in [4.78, 5) is 42.7. The van der Waals surface area contributed by atoms with Crippen molar-refractivity contribution in [3.8, 4) is 5.75 Å². The molecule has 4 aromatic carbocycles. The van der Waals surface area contributed by atoms with Crippen molar-refractivity contribution < 1.29 is 19.5 Å². The average molecular weight is 582 g/mol. The standard InChI is InChI=1S/C32H21Cl2N3O4/c33-17-13-14-24(23(34)15-17)37-30(40)27-26-18-7-1-4-10-21(18)32(28(27)31(37)41,22-11-5-2-8-19(22)26)16-35-36-29(39)20-9-3-6-12-25(20)38/h1-16,26-28,38H,(H,36,39)/b35-16-/t26?,27-,28-,32?/m1/s1. The summed E-state index contributed by atoms with van der Waals surface area (Å²) in [5.41, 5.74) is 5.22. The number of aromatic hydroxyl groups is 1. The molecule has 41 heavy (non-hydrogen) atoms. The molecule has 1 saturated heterocycles. The second-order valence-electron chi connectivity index (χ2n) is 10.3. The SMILES string of the molecule is O=C(N/N=C\C12c3ccccc3C(c3ccccc31)[C@H]1C(=O)N(c3ccc(Cl)cc3Cl)C(=O)[C@@H]12)c1ccccc1O. The lowest BCUT2D eigenvalue weighted by Gasteiger charge is -2.52. The van der Waals surface area contributed by atoms with Crippen LogP contribution in [0, 0.1) is 11.8 Å². The lowest BCUT2D eigenvalue weighted by atomic mass is 9.47. The van der Waals surface area contributed by atoms with E-state index in [-0.39, 0.29) is 33.8 Å². The van der Waals surface area contributed by atoms with Crippen LogP contribution in [0.1, 0.15) is 38.5 Å². The Bertz CT molecular complexity index is 1770. The van der Waals surface area contributed by atoms with Gasteiger partial charge < -0.3 is 5.11 Å². The van der Waals surface area contributed by atoms with Gasteiger partial charge in [0.2, 0.25) is 11.8 Å². The van der Waals surface area contributed by atoms with Crippen LogP contribution in [-0.2, 0) is 15.0 Å². The Morgan fingerprint density at radius 3 is 2.17 bits per heavy atom. The number of nitrogens with one attached hydrogen (secondary N) is 1. The maximum atomic E-state index is 14.4. The van der Waals surface area contributed by atoms with Crippen LogP contribution in [0.15, 0.2) is 96.1 Å². The van der Waals surface area contributed by atoms with Gasteiger partial charge >= 0.3 is 0 Å². The van der Waals surface area contributed by atoms with E-state index in [1.807, 2.05) is 48.5 Å². The van der Waals surface area contributed by atoms with Crippen LogP contribution >= 0.6 is 23.2 Å². The molecule has 1 fully saturated rings. The minimum Gasteiger partial charge on any atom is -0.507 e. The summed E-state index contributed by atoms with van der Waals surface area (Å²) in [5, 5.41) is 15.1. The number of phenols is 1. The topological polar surface area (TPSA) is 99.1 Å². The first-order chi connectivity index (χ1) is 19.8. The van der Waals surface area contributed by atoms with Crippen molar-refractivity contribution in [2.45, 2.75) is 11.3 Å². The molecule has 0 saturated carbocycles. The van der Waals surface area contributed by atoms with Gasteiger partial charge in [-0.3, -0.25) is 14.4 Å². The molecular formula is C32H21Cl2N3O4. The smallest absolute Gasteiger partial charge is 0.275 e. The van der Waals surface area contributed by atoms with Gasteiger partial charge in [-0.2, -0.15) is 5.10 Å². The molecule has 3 aliphatic carbocycles. The van der Waals surface area contributed by atoms with E-state index >= 15 is 0 Å². The molecule has 7 nitrogen and oxygen atoms in total. The highest BCUT2D eigenvalue weighted by atomic mass is 35.5. The summed E-state index contributed by atoms with van der Waals surface area (Å²) < 4.78 is 0. The van der Waals surface area contributed by atoms with Gasteiger partial charge in [-0.1, -0.05) is 83.9 Å². The van der Waals surface area contributed by atoms with E-state index in [0.717, 1.165) is 22.3 Å². The number of nitrogens with zero attached hydrogens (tertiary/aromatic N) is 2. The van der Waals surface area contributed by atoms with Gasteiger partial charge in [0.25, 0.3) is 5.91 Å². The summed E-state index contributed by atoms with van der Waals surface area (Å²) >= 11 is 12.6. The zero-order valence-corrected chi connectivity index (χ0v) is 22.8. The number of para-hydroxylation sites is 1. The highest BCUT2D eigenvalue weighted by molar-refractivity contribution is 6.38. The van der Waals surface area contributed by atoms with Crippen LogP contribution in [0.4, 0.5) is 5.69 Å². The Morgan fingerprint density at radius 1 is 0.878 bits per heavy atom. The molecule has 202 valence electrons. The third-order valence-corrected chi connectivity index (χ3v) is 8.96. The van der Waals surface area contributed by atoms with Crippen LogP contribution in [-0.4, -0.2) is 29.0 Å². The largest absolute Gasteiger partial charge is 0.507 e. The van der Waals surface area contributed by atoms with E-state index in [0.29, 0.717) is 5.02 Å². The normalized spacial score (nSPS) is 23.9. The fraction of sp³-hybridized carbons (Fsp3) is 0.125. The number of phenolic OH excluding ortho intramolecular Hbond substituents is 1. The maximum Gasteiger partial charge on any atom is 0.275 e. The summed E-state index contributed by atoms with van der Waals surface area (Å²) in [7, 11) is 0. The molecule has 9 heteroatoms. The average Bonchev–Trinajstić information content (AvgIpc) is 3.24. The molecule has 4 aliphatic rings. The number of amides is 3. The Morgan fingerprint density at radius 2 is 1.51 bits per heavy atom. The summed E-state index contributed by atoms with van der Waals surface area (Å²) in [6, 6.07) is 26.3. The van der Waals surface area contributed by atoms with E-state index in [2.05, 4.69) is 10.5 Å². The second kappa shape index (κ2) is 9.29. The predicted molar refractivity (Wildman–Crippen MR) is 156 cm³/mol. The Balaban J connectivity index is 1.41. The molecule has 2 bridgehead atoms. The number of carbonyl (C=O) groups is 3. The van der Waals surface area contributed by atoms with E-state index in [4.69, 9.17) is 23.2 Å². The summed E-state index contributed by atoms with van der Waals surface area (Å²) in [5.74, 6) is -3.47. The van der Waals surface area contributed by atoms with Crippen molar-refractivity contribution in [2.24, 2.45) is 16.9 Å². The zero-order chi connectivity index (χ0) is 28.5. The molecule has 1 aliphatic heterocycles. The third kappa shape index (κ3) is 3.52. The van der Waals surface area contributed by atoms with E-state index < -0.39 is 29.1 Å². The molecule has 1 heterocycles. The minimum absolute atomic E-state index is 0.0591. The molecule has 0 spiro atoms. The van der Waals surface area contributed by atoms with Crippen LogP contribution < -0.4 is 10.3 Å². The Kier molecular flexibility index (Phi) is 5.78. The van der Waals surface area contributed by atoms with Crippen molar-refractivity contribution in [3.05, 3.63) is 129 Å². The van der Waals surface area contributed by atoms with Crippen LogP contribution in [0.5, 0.6) is 5.75 Å². The van der Waals surface area contributed by atoms with Crippen LogP contribution in [0.3, 0.4) is 0 Å². The minimum atomic E-state index is -1.17. The first-order valence-electron chi connectivity index (χ1n) is 13.0. The van der Waals surface area contributed by atoms with E-state index in [9.17, 15) is 19.5 Å². The van der Waals surface area contributed by atoms with Gasteiger partial charge in [0, 0.05) is 17.2 Å². The van der Waals surface area contributed by atoms with Crippen molar-refractivity contribution in [1.29, 1.82) is 0 Å². The number of imide groups is 1. The number of hydrazone groups is 1. The molecule has 2 atom stereocenters. The summed E-state index contributed by atoms with van der Waals surface area (Å²) in [6.45, 7) is 0. The van der Waals surface area contributed by atoms with Crippen molar-refractivity contribution in [2.75, 3.05) is 4.90 Å². The van der Waals surface area contributed by atoms with Gasteiger partial charge in [0.1, 0.15) is 5.75 Å². The van der Waals surface area contributed by atoms with Crippen molar-refractivity contribution >= 4 is 52.8 Å². The molecule has 8 rings (SSSR count). The number of halogens is 2. The van der Waals surface area contributed by atoms with Crippen molar-refractivity contribution in [3.63, 3.8) is 0 Å². The van der Waals surface area contributed by atoms with Crippen LogP contribution in [0.25, 0.3) is 0 Å². The monoisotopic (exact) mass is 581 g/mol. The molecular weight excluding hydrogens is 561 g/mol. The number of hydrogen-bond acceptors (Lipinski definition) is 5. The Hall–Kier alpha value is -4.46. The van der Waals surface area contributed by atoms with E-state index in [1.165, 1.54) is 23.1 Å². The number of hydrogen-bond donors (Lipinski definition) is 2. The lowest BCUT2D eigenvalue weighted by Crippen LogP contribution is -2.54. The molecule has 4 aromatic rings. The third-order valence-electron chi connectivity index (χ3n) is 8.42. The quantitative estimate of drug-likeness (QED) is 0.184. The van der Waals surface area contributed by atoms with Gasteiger partial charge in [-0.05, 0) is 52.6 Å². The van der Waals surface area contributed by atoms with Gasteiger partial charge in [0.15, 0.2) is 0 Å². The molecule has 3 amide bonds. The number of anilines is 1. The molecule has 0 radical (unpaired) electrons. The second-order valence-corrected chi connectivity index (χ2v) is 11.2. The van der Waals surface area contributed by atoms with Gasteiger partial charge in [-0.25, -0.2) is 10.3 Å². The fourth-order valence-corrected chi connectivity index (χ4v) is 7.36. The molecule has 2 N–H and O–H groups in total. The highest BCUT2D eigenvalue weighted by Crippen LogP contribution is 2.63. The highest BCUT2D eigenvalue weighted by Gasteiger charge is 2.68. The molecule has 0 aromatic heterocycles. The fourth-order valence-electron chi connectivity index (χ4n) is 6.87. The van der Waals surface area contributed by atoms with E-state index in [1.54, 1.807) is 30.5 Å². The zero-order valence-electron chi connectivity index (χ0n) is 21.3. The predicted octanol–water partition coefficient (Wildman–Crippen LogP) is 5.67. The number of carbonyl (C=O) groups excluding carboxylic acids is 3. The summed E-state index contributed by atoms with van der Waals surface area (Å²) in [6.07, 6.45) is 1.56. The first kappa shape index (κ1) is 25.5. The molecule has 0 unspecified atom stereocenters. The van der Waals surface area contributed by atoms with Gasteiger partial charge in [0.05, 0.1) is 33.5 Å². The Labute approximate surface area is 245 Å². The number of benzene rings is 4.